The van der Waals surface area contributed by atoms with E-state index in [1.807, 2.05) is 32.1 Å². The second-order valence-electron chi connectivity index (χ2n) is 4.18. The second-order valence-corrected chi connectivity index (χ2v) is 4.18. The van der Waals surface area contributed by atoms with E-state index in [4.69, 9.17) is 4.74 Å². The van der Waals surface area contributed by atoms with Crippen molar-refractivity contribution in [1.29, 1.82) is 0 Å². The van der Waals surface area contributed by atoms with Crippen LogP contribution < -0.4 is 4.74 Å². The first-order valence-corrected chi connectivity index (χ1v) is 5.89. The highest BCUT2D eigenvalue weighted by Crippen LogP contribution is 2.28. The predicted octanol–water partition coefficient (Wildman–Crippen LogP) is 4.63. The Labute approximate surface area is 108 Å². The van der Waals surface area contributed by atoms with Gasteiger partial charge in [0.15, 0.2) is 0 Å². The van der Waals surface area contributed by atoms with Crippen molar-refractivity contribution in [2.45, 2.75) is 19.8 Å². The van der Waals surface area contributed by atoms with Crippen LogP contribution in [-0.4, -0.2) is 7.11 Å². The van der Waals surface area contributed by atoms with E-state index in [1.165, 1.54) is 12.1 Å². The molecule has 18 heavy (non-hydrogen) atoms. The molecule has 1 unspecified atom stereocenters. The van der Waals surface area contributed by atoms with E-state index in [0.717, 1.165) is 11.1 Å². The Morgan fingerprint density at radius 3 is 2.78 bits per heavy atom. The summed E-state index contributed by atoms with van der Waals surface area (Å²) in [7, 11) is 1.59. The molecule has 0 aliphatic carbocycles. The van der Waals surface area contributed by atoms with Crippen LogP contribution >= 0.6 is 0 Å². The molecule has 1 aromatic rings. The van der Waals surface area contributed by atoms with Crippen LogP contribution in [0.2, 0.25) is 0 Å². The van der Waals surface area contributed by atoms with Gasteiger partial charge in [-0.15, -0.1) is 0 Å². The van der Waals surface area contributed by atoms with Gasteiger partial charge in [0.1, 0.15) is 11.6 Å². The molecule has 1 atom stereocenters. The van der Waals surface area contributed by atoms with E-state index in [1.54, 1.807) is 19.3 Å². The van der Waals surface area contributed by atoms with Crippen molar-refractivity contribution in [3.63, 3.8) is 0 Å². The zero-order valence-corrected chi connectivity index (χ0v) is 11.1. The fraction of sp³-hybridized carbons (Fsp3) is 0.250. The molecule has 0 aliphatic rings. The van der Waals surface area contributed by atoms with Gasteiger partial charge < -0.3 is 4.74 Å². The van der Waals surface area contributed by atoms with Gasteiger partial charge in [-0.05, 0) is 25.1 Å². The van der Waals surface area contributed by atoms with Crippen molar-refractivity contribution in [3.05, 3.63) is 66.0 Å². The molecule has 0 bridgehead atoms. The monoisotopic (exact) mass is 246 g/mol. The third-order valence-electron chi connectivity index (χ3n) is 2.71. The Morgan fingerprint density at radius 1 is 1.44 bits per heavy atom. The van der Waals surface area contributed by atoms with Crippen LogP contribution in [0.5, 0.6) is 5.75 Å². The summed E-state index contributed by atoms with van der Waals surface area (Å²) in [6, 6.07) is 4.57. The molecule has 0 aliphatic heterocycles. The smallest absolute Gasteiger partial charge is 0.123 e. The standard InChI is InChI=1S/C16H19FO/c1-5-6-12(2)7-8-13(3)15-11-14(17)9-10-16(15)18-4/h5-11,13H,1H2,2-4H3/b8-7-,12-6-. The zero-order valence-electron chi connectivity index (χ0n) is 11.1. The number of hydrogen-bond acceptors (Lipinski definition) is 1. The van der Waals surface area contributed by atoms with E-state index < -0.39 is 0 Å². The van der Waals surface area contributed by atoms with E-state index in [2.05, 4.69) is 6.58 Å². The van der Waals surface area contributed by atoms with Crippen LogP contribution in [0.25, 0.3) is 0 Å². The van der Waals surface area contributed by atoms with Crippen LogP contribution in [0, 0.1) is 5.82 Å². The lowest BCUT2D eigenvalue weighted by Gasteiger charge is -2.12. The van der Waals surface area contributed by atoms with E-state index >= 15 is 0 Å². The minimum absolute atomic E-state index is 0.0869. The summed E-state index contributed by atoms with van der Waals surface area (Å²) in [5, 5.41) is 0. The van der Waals surface area contributed by atoms with Crippen molar-refractivity contribution in [3.8, 4) is 5.75 Å². The van der Waals surface area contributed by atoms with Crippen molar-refractivity contribution in [2.75, 3.05) is 7.11 Å². The van der Waals surface area contributed by atoms with Gasteiger partial charge in [0.2, 0.25) is 0 Å². The molecule has 0 aromatic heterocycles. The predicted molar refractivity (Wildman–Crippen MR) is 74.5 cm³/mol. The van der Waals surface area contributed by atoms with Crippen LogP contribution in [0.15, 0.2) is 54.7 Å². The van der Waals surface area contributed by atoms with Crippen LogP contribution in [0.1, 0.15) is 25.3 Å². The summed E-state index contributed by atoms with van der Waals surface area (Å²) in [5.41, 5.74) is 1.95. The zero-order chi connectivity index (χ0) is 13.5. The summed E-state index contributed by atoms with van der Waals surface area (Å²) in [5.74, 6) is 0.548. The van der Waals surface area contributed by atoms with Crippen molar-refractivity contribution >= 4 is 0 Å². The highest BCUT2D eigenvalue weighted by molar-refractivity contribution is 5.39. The summed E-state index contributed by atoms with van der Waals surface area (Å²) < 4.78 is 18.5. The quantitative estimate of drug-likeness (QED) is 0.688. The van der Waals surface area contributed by atoms with Crippen molar-refractivity contribution in [2.24, 2.45) is 0 Å². The normalized spacial score (nSPS) is 13.7. The first-order chi connectivity index (χ1) is 8.58. The third-order valence-corrected chi connectivity index (χ3v) is 2.71. The van der Waals surface area contributed by atoms with Gasteiger partial charge >= 0.3 is 0 Å². The van der Waals surface area contributed by atoms with Gasteiger partial charge in [0.25, 0.3) is 0 Å². The van der Waals surface area contributed by atoms with Gasteiger partial charge in [-0.3, -0.25) is 0 Å². The van der Waals surface area contributed by atoms with Crippen LogP contribution in [-0.2, 0) is 0 Å². The highest BCUT2D eigenvalue weighted by Gasteiger charge is 2.09. The molecule has 0 amide bonds. The van der Waals surface area contributed by atoms with E-state index in [9.17, 15) is 4.39 Å². The molecule has 0 saturated carbocycles. The number of allylic oxidation sites excluding steroid dienone is 5. The number of halogens is 1. The van der Waals surface area contributed by atoms with Crippen molar-refractivity contribution < 1.29 is 9.13 Å². The minimum Gasteiger partial charge on any atom is -0.496 e. The SMILES string of the molecule is C=C/C=C(C)\C=C/C(C)c1cc(F)ccc1OC. The van der Waals surface area contributed by atoms with Gasteiger partial charge in [-0.1, -0.05) is 43.4 Å². The Bertz CT molecular complexity index is 472. The molecule has 96 valence electrons. The number of rotatable bonds is 5. The largest absolute Gasteiger partial charge is 0.496 e. The first kappa shape index (κ1) is 14.2. The first-order valence-electron chi connectivity index (χ1n) is 5.89. The summed E-state index contributed by atoms with van der Waals surface area (Å²) >= 11 is 0. The average Bonchev–Trinajstić information content (AvgIpc) is 2.36. The highest BCUT2D eigenvalue weighted by atomic mass is 19.1. The molecular formula is C16H19FO. The number of ether oxygens (including phenoxy) is 1. The molecule has 1 nitrogen and oxygen atoms in total. The second kappa shape index (κ2) is 6.80. The molecule has 0 radical (unpaired) electrons. The molecule has 1 rings (SSSR count). The van der Waals surface area contributed by atoms with Crippen LogP contribution in [0.3, 0.4) is 0 Å². The van der Waals surface area contributed by atoms with Crippen molar-refractivity contribution in [1.82, 2.24) is 0 Å². The Kier molecular flexibility index (Phi) is 5.37. The number of hydrogen-bond donors (Lipinski definition) is 0. The maximum atomic E-state index is 13.3. The lowest BCUT2D eigenvalue weighted by Crippen LogP contribution is -1.96. The summed E-state index contributed by atoms with van der Waals surface area (Å²) in [6.45, 7) is 7.65. The minimum atomic E-state index is -0.246. The molecule has 0 heterocycles. The molecule has 0 saturated heterocycles. The van der Waals surface area contributed by atoms with E-state index in [-0.39, 0.29) is 11.7 Å². The Morgan fingerprint density at radius 2 is 2.17 bits per heavy atom. The molecule has 0 spiro atoms. The molecular weight excluding hydrogens is 227 g/mol. The fourth-order valence-corrected chi connectivity index (χ4v) is 1.70. The molecule has 0 fully saturated rings. The lowest BCUT2D eigenvalue weighted by molar-refractivity contribution is 0.407. The number of methoxy groups -OCH3 is 1. The van der Waals surface area contributed by atoms with Gasteiger partial charge in [-0.2, -0.15) is 0 Å². The molecule has 0 N–H and O–H groups in total. The summed E-state index contributed by atoms with van der Waals surface area (Å²) in [6.07, 6.45) is 7.68. The fourth-order valence-electron chi connectivity index (χ4n) is 1.70. The van der Waals surface area contributed by atoms with Gasteiger partial charge in [-0.25, -0.2) is 4.39 Å². The number of benzene rings is 1. The topological polar surface area (TPSA) is 9.23 Å². The van der Waals surface area contributed by atoms with Crippen LogP contribution in [0.4, 0.5) is 4.39 Å². The Hall–Kier alpha value is -1.83. The molecule has 1 aromatic carbocycles. The molecule has 2 heteroatoms. The lowest BCUT2D eigenvalue weighted by atomic mass is 9.98. The average molecular weight is 246 g/mol. The maximum absolute atomic E-state index is 13.3. The maximum Gasteiger partial charge on any atom is 0.123 e. The van der Waals surface area contributed by atoms with Gasteiger partial charge in [0.05, 0.1) is 7.11 Å². The van der Waals surface area contributed by atoms with E-state index in [0.29, 0.717) is 5.75 Å². The Balaban J connectivity index is 2.96. The third kappa shape index (κ3) is 3.88. The van der Waals surface area contributed by atoms with Gasteiger partial charge in [0, 0.05) is 11.5 Å². The summed E-state index contributed by atoms with van der Waals surface area (Å²) in [4.78, 5) is 0.